The fraction of sp³-hybridized carbons (Fsp3) is 0.483. The second-order valence-electron chi connectivity index (χ2n) is 10.4. The SMILES string of the molecule is Cc1c(Cl)ncc2c(N3CCN(CC(=O)OCc4ccccc4)[C@@H](CC#N)C3)nc(OC[C@@H]3CCCN3C)nc12. The summed E-state index contributed by atoms with van der Waals surface area (Å²) in [5.74, 6) is 0.385. The Labute approximate surface area is 239 Å². The maximum absolute atomic E-state index is 12.7. The van der Waals surface area contributed by atoms with Crippen LogP contribution in [0.15, 0.2) is 36.5 Å². The van der Waals surface area contributed by atoms with Gasteiger partial charge < -0.3 is 19.3 Å². The average Bonchev–Trinajstić information content (AvgIpc) is 3.38. The van der Waals surface area contributed by atoms with Gasteiger partial charge >= 0.3 is 12.0 Å². The van der Waals surface area contributed by atoms with Crippen molar-refractivity contribution in [1.82, 2.24) is 24.8 Å². The summed E-state index contributed by atoms with van der Waals surface area (Å²) in [6.45, 7) is 5.49. The minimum atomic E-state index is -0.310. The number of pyridine rings is 1. The molecule has 40 heavy (non-hydrogen) atoms. The van der Waals surface area contributed by atoms with E-state index in [0.717, 1.165) is 35.9 Å². The van der Waals surface area contributed by atoms with Crippen LogP contribution in [0.25, 0.3) is 10.9 Å². The van der Waals surface area contributed by atoms with E-state index in [4.69, 9.17) is 31.0 Å². The van der Waals surface area contributed by atoms with E-state index in [-0.39, 0.29) is 31.6 Å². The molecule has 0 bridgehead atoms. The number of hydrogen-bond donors (Lipinski definition) is 0. The number of carbonyl (C=O) groups excluding carboxylic acids is 1. The van der Waals surface area contributed by atoms with E-state index in [1.807, 2.05) is 42.2 Å². The standard InChI is InChI=1S/C29H34ClN7O3/c1-20-26-24(15-32-27(20)30)28(34-29(33-26)40-19-23-9-6-12-35(23)2)37-14-13-36(22(16-37)10-11-31)17-25(38)39-18-21-7-4-3-5-8-21/h3-5,7-8,15,22-23H,6,9-10,12-14,16-19H2,1-2H3/t22-,23-/m0/s1. The Balaban J connectivity index is 1.33. The molecule has 0 unspecified atom stereocenters. The molecule has 3 aromatic rings. The normalized spacial score (nSPS) is 20.0. The van der Waals surface area contributed by atoms with Crippen LogP contribution in [0.3, 0.4) is 0 Å². The third kappa shape index (κ3) is 6.44. The van der Waals surface area contributed by atoms with Crippen LogP contribution in [0.2, 0.25) is 5.15 Å². The summed E-state index contributed by atoms with van der Waals surface area (Å²) in [4.78, 5) is 33.0. The molecule has 2 saturated heterocycles. The molecule has 0 amide bonds. The zero-order valence-corrected chi connectivity index (χ0v) is 23.7. The van der Waals surface area contributed by atoms with Gasteiger partial charge in [-0.25, -0.2) is 4.98 Å². The maximum Gasteiger partial charge on any atom is 0.320 e. The van der Waals surface area contributed by atoms with Crippen molar-refractivity contribution in [2.24, 2.45) is 0 Å². The largest absolute Gasteiger partial charge is 0.462 e. The highest BCUT2D eigenvalue weighted by atomic mass is 35.5. The monoisotopic (exact) mass is 563 g/mol. The number of carbonyl (C=O) groups is 1. The molecule has 2 aromatic heterocycles. The number of nitriles is 1. The van der Waals surface area contributed by atoms with Gasteiger partial charge in [0.2, 0.25) is 0 Å². The molecule has 2 aliphatic heterocycles. The molecule has 2 atom stereocenters. The first-order chi connectivity index (χ1) is 19.4. The van der Waals surface area contributed by atoms with Gasteiger partial charge in [0, 0.05) is 43.5 Å². The van der Waals surface area contributed by atoms with Crippen molar-refractivity contribution in [3.05, 3.63) is 52.8 Å². The van der Waals surface area contributed by atoms with Crippen molar-refractivity contribution >= 4 is 34.3 Å². The molecule has 10 nitrogen and oxygen atoms in total. The highest BCUT2D eigenvalue weighted by Gasteiger charge is 2.31. The second kappa shape index (κ2) is 12.8. The Kier molecular flexibility index (Phi) is 8.94. The molecule has 0 N–H and O–H groups in total. The number of likely N-dealkylation sites (tertiary alicyclic amines) is 1. The van der Waals surface area contributed by atoms with Crippen molar-refractivity contribution in [1.29, 1.82) is 5.26 Å². The summed E-state index contributed by atoms with van der Waals surface area (Å²) in [5.41, 5.74) is 2.40. The molecule has 5 rings (SSSR count). The van der Waals surface area contributed by atoms with Crippen LogP contribution in [-0.4, -0.2) is 89.2 Å². The summed E-state index contributed by atoms with van der Waals surface area (Å²) in [6, 6.07) is 12.3. The van der Waals surface area contributed by atoms with E-state index in [0.29, 0.717) is 54.8 Å². The predicted molar refractivity (Wildman–Crippen MR) is 152 cm³/mol. The van der Waals surface area contributed by atoms with Crippen molar-refractivity contribution in [2.45, 2.75) is 44.9 Å². The fourth-order valence-electron chi connectivity index (χ4n) is 5.37. The van der Waals surface area contributed by atoms with Gasteiger partial charge in [0.25, 0.3) is 0 Å². The number of esters is 1. The molecule has 0 saturated carbocycles. The van der Waals surface area contributed by atoms with Crippen molar-refractivity contribution < 1.29 is 14.3 Å². The number of aromatic nitrogens is 3. The first-order valence-corrected chi connectivity index (χ1v) is 14.0. The van der Waals surface area contributed by atoms with Crippen LogP contribution in [0.1, 0.15) is 30.4 Å². The number of hydrogen-bond acceptors (Lipinski definition) is 10. The zero-order valence-electron chi connectivity index (χ0n) is 22.9. The van der Waals surface area contributed by atoms with E-state index in [2.05, 4.69) is 27.9 Å². The first-order valence-electron chi connectivity index (χ1n) is 13.6. The Morgan fingerprint density at radius 2 is 2.00 bits per heavy atom. The Morgan fingerprint density at radius 3 is 2.75 bits per heavy atom. The summed E-state index contributed by atoms with van der Waals surface area (Å²) in [6.07, 6.45) is 4.20. The Morgan fingerprint density at radius 1 is 1.18 bits per heavy atom. The lowest BCUT2D eigenvalue weighted by molar-refractivity contribution is -0.147. The van der Waals surface area contributed by atoms with Crippen LogP contribution in [-0.2, 0) is 16.1 Å². The molecular weight excluding hydrogens is 530 g/mol. The second-order valence-corrected chi connectivity index (χ2v) is 10.8. The molecule has 11 heteroatoms. The van der Waals surface area contributed by atoms with Gasteiger partial charge in [-0.05, 0) is 38.9 Å². The third-order valence-electron chi connectivity index (χ3n) is 7.76. The van der Waals surface area contributed by atoms with Gasteiger partial charge in [0.05, 0.1) is 29.9 Å². The molecule has 0 aliphatic carbocycles. The van der Waals surface area contributed by atoms with E-state index >= 15 is 0 Å². The summed E-state index contributed by atoms with van der Waals surface area (Å²) in [7, 11) is 2.11. The number of halogens is 1. The van der Waals surface area contributed by atoms with Gasteiger partial charge in [-0.3, -0.25) is 9.69 Å². The zero-order chi connectivity index (χ0) is 28.1. The molecule has 4 heterocycles. The van der Waals surface area contributed by atoms with Crippen LogP contribution >= 0.6 is 11.6 Å². The van der Waals surface area contributed by atoms with Gasteiger partial charge in [-0.15, -0.1) is 0 Å². The van der Waals surface area contributed by atoms with Crippen LogP contribution in [0, 0.1) is 18.3 Å². The quantitative estimate of drug-likeness (QED) is 0.283. The van der Waals surface area contributed by atoms with Gasteiger partial charge in [-0.2, -0.15) is 15.2 Å². The first kappa shape index (κ1) is 28.0. The molecule has 1 aromatic carbocycles. The molecule has 2 aliphatic rings. The van der Waals surface area contributed by atoms with Gasteiger partial charge in [-0.1, -0.05) is 41.9 Å². The van der Waals surface area contributed by atoms with Crippen LogP contribution in [0.5, 0.6) is 6.01 Å². The average molecular weight is 564 g/mol. The van der Waals surface area contributed by atoms with Crippen LogP contribution in [0.4, 0.5) is 5.82 Å². The number of likely N-dealkylation sites (N-methyl/N-ethyl adjacent to an activating group) is 1. The van der Waals surface area contributed by atoms with Gasteiger partial charge in [0.15, 0.2) is 0 Å². The van der Waals surface area contributed by atoms with E-state index < -0.39 is 0 Å². The topological polar surface area (TPSA) is 108 Å². The van der Waals surface area contributed by atoms with Crippen LogP contribution < -0.4 is 9.64 Å². The van der Waals surface area contributed by atoms with Crippen molar-refractivity contribution in [2.75, 3.05) is 51.3 Å². The lowest BCUT2D eigenvalue weighted by Crippen LogP contribution is -2.54. The number of ether oxygens (including phenoxy) is 2. The Bertz CT molecular complexity index is 1380. The van der Waals surface area contributed by atoms with Crippen molar-refractivity contribution in [3.63, 3.8) is 0 Å². The van der Waals surface area contributed by atoms with E-state index in [1.165, 1.54) is 0 Å². The molecule has 210 valence electrons. The van der Waals surface area contributed by atoms with E-state index in [1.54, 1.807) is 6.20 Å². The molecule has 0 radical (unpaired) electrons. The molecule has 2 fully saturated rings. The van der Waals surface area contributed by atoms with Gasteiger partial charge in [0.1, 0.15) is 24.2 Å². The summed E-state index contributed by atoms with van der Waals surface area (Å²) < 4.78 is 11.6. The summed E-state index contributed by atoms with van der Waals surface area (Å²) in [5, 5.41) is 10.7. The Hall–Kier alpha value is -3.52. The highest BCUT2D eigenvalue weighted by Crippen LogP contribution is 2.32. The maximum atomic E-state index is 12.7. The predicted octanol–water partition coefficient (Wildman–Crippen LogP) is 3.61. The lowest BCUT2D eigenvalue weighted by Gasteiger charge is -2.40. The number of piperazine rings is 1. The smallest absolute Gasteiger partial charge is 0.320 e. The third-order valence-corrected chi connectivity index (χ3v) is 8.14. The minimum absolute atomic E-state index is 0.122. The number of anilines is 1. The molecular formula is C29H34ClN7O3. The number of fused-ring (bicyclic) bond motifs is 1. The molecule has 0 spiro atoms. The number of nitrogens with zero attached hydrogens (tertiary/aromatic N) is 7. The number of benzene rings is 1. The number of rotatable bonds is 9. The van der Waals surface area contributed by atoms with E-state index in [9.17, 15) is 10.1 Å². The number of aryl methyl sites for hydroxylation is 1. The lowest BCUT2D eigenvalue weighted by atomic mass is 10.1. The van der Waals surface area contributed by atoms with Crippen molar-refractivity contribution in [3.8, 4) is 12.1 Å². The highest BCUT2D eigenvalue weighted by molar-refractivity contribution is 6.31. The fourth-order valence-corrected chi connectivity index (χ4v) is 5.50. The minimum Gasteiger partial charge on any atom is -0.462 e. The summed E-state index contributed by atoms with van der Waals surface area (Å²) >= 11 is 6.36.